The number of H-pyrrole nitrogens is 1. The molecule has 8 heteroatoms. The number of nitrogens with one attached hydrogen (secondary N) is 2. The first kappa shape index (κ1) is 19.1. The predicted molar refractivity (Wildman–Crippen MR) is 97.4 cm³/mol. The Morgan fingerprint density at radius 1 is 1.20 bits per heavy atom. The number of ether oxygens (including phenoxy) is 1. The van der Waals surface area contributed by atoms with E-state index in [1.165, 1.54) is 11.3 Å². The second-order valence-electron chi connectivity index (χ2n) is 5.76. The van der Waals surface area contributed by atoms with Crippen LogP contribution in [0.4, 0.5) is 5.13 Å². The van der Waals surface area contributed by atoms with Crippen LogP contribution in [0, 0.1) is 13.8 Å². The van der Waals surface area contributed by atoms with Gasteiger partial charge in [-0.05, 0) is 39.2 Å². The average Bonchev–Trinajstić information content (AvgIpc) is 3.13. The van der Waals surface area contributed by atoms with Crippen molar-refractivity contribution in [1.29, 1.82) is 0 Å². The number of hydrogen-bond donors (Lipinski definition) is 2. The van der Waals surface area contributed by atoms with Crippen LogP contribution in [0.2, 0.25) is 0 Å². The highest BCUT2D eigenvalue weighted by Gasteiger charge is 2.24. The average molecular weight is 364 g/mol. The van der Waals surface area contributed by atoms with Crippen molar-refractivity contribution in [2.75, 3.05) is 11.9 Å². The molecule has 136 valence electrons. The topological polar surface area (TPSA) is 97.0 Å². The lowest BCUT2D eigenvalue weighted by atomic mass is 10.1. The molecule has 0 unspecified atom stereocenters. The number of carbonyl (C=O) groups is 2. The Morgan fingerprint density at radius 2 is 1.88 bits per heavy atom. The Labute approximate surface area is 151 Å². The third-order valence-electron chi connectivity index (χ3n) is 4.14. The minimum absolute atomic E-state index is 0.286. The maximum absolute atomic E-state index is 12.5. The maximum atomic E-state index is 12.5. The normalized spacial score (nSPS) is 11.0. The van der Waals surface area contributed by atoms with Crippen LogP contribution in [0.15, 0.2) is 0 Å². The molecule has 0 aliphatic carbocycles. The van der Waals surface area contributed by atoms with Gasteiger partial charge in [-0.15, -0.1) is 10.2 Å². The summed E-state index contributed by atoms with van der Waals surface area (Å²) in [5, 5.41) is 12.4. The lowest BCUT2D eigenvalue weighted by Crippen LogP contribution is -2.14. The van der Waals surface area contributed by atoms with Gasteiger partial charge in [-0.25, -0.2) is 4.79 Å². The van der Waals surface area contributed by atoms with Crippen molar-refractivity contribution in [3.63, 3.8) is 0 Å². The zero-order valence-corrected chi connectivity index (χ0v) is 16.0. The highest BCUT2D eigenvalue weighted by molar-refractivity contribution is 7.15. The smallest absolute Gasteiger partial charge is 0.340 e. The Kier molecular flexibility index (Phi) is 6.30. The summed E-state index contributed by atoms with van der Waals surface area (Å²) in [5.74, 6) is -0.420. The molecular weight excluding hydrogens is 340 g/mol. The number of aromatic nitrogens is 3. The first-order valence-electron chi connectivity index (χ1n) is 8.43. The highest BCUT2D eigenvalue weighted by Crippen LogP contribution is 2.28. The molecule has 0 saturated heterocycles. The van der Waals surface area contributed by atoms with Crippen LogP contribution in [0.1, 0.15) is 76.6 Å². The molecule has 2 N–H and O–H groups in total. The molecule has 0 fully saturated rings. The van der Waals surface area contributed by atoms with E-state index in [1.807, 2.05) is 0 Å². The standard InChI is InChI=1S/C17H24N4O3S/c1-6-11(7-2)15-20-21-17(25-15)19-14(22)13-9(4)12(10(5)18-13)16(23)24-8-3/h11,18H,6-8H2,1-5H3,(H,19,21,22). The summed E-state index contributed by atoms with van der Waals surface area (Å²) in [7, 11) is 0. The van der Waals surface area contributed by atoms with Crippen molar-refractivity contribution in [3.05, 3.63) is 27.5 Å². The van der Waals surface area contributed by atoms with E-state index in [0.717, 1.165) is 17.8 Å². The van der Waals surface area contributed by atoms with Gasteiger partial charge >= 0.3 is 5.97 Å². The monoisotopic (exact) mass is 364 g/mol. The Balaban J connectivity index is 2.19. The minimum atomic E-state index is -0.431. The third-order valence-corrected chi connectivity index (χ3v) is 5.14. The molecule has 25 heavy (non-hydrogen) atoms. The van der Waals surface area contributed by atoms with Crippen molar-refractivity contribution in [3.8, 4) is 0 Å². The first-order valence-corrected chi connectivity index (χ1v) is 9.25. The number of aryl methyl sites for hydroxylation is 1. The van der Waals surface area contributed by atoms with Crippen LogP contribution < -0.4 is 5.32 Å². The molecule has 0 saturated carbocycles. The van der Waals surface area contributed by atoms with E-state index in [9.17, 15) is 9.59 Å². The molecular formula is C17H24N4O3S. The van der Waals surface area contributed by atoms with Crippen LogP contribution in [0.3, 0.4) is 0 Å². The second-order valence-corrected chi connectivity index (χ2v) is 6.77. The van der Waals surface area contributed by atoms with Crippen molar-refractivity contribution in [2.45, 2.75) is 53.4 Å². The number of esters is 1. The SMILES string of the molecule is CCOC(=O)c1c(C)[nH]c(C(=O)Nc2nnc(C(CC)CC)s2)c1C. The summed E-state index contributed by atoms with van der Waals surface area (Å²) < 4.78 is 5.04. The van der Waals surface area contributed by atoms with Gasteiger partial charge in [-0.3, -0.25) is 10.1 Å². The highest BCUT2D eigenvalue weighted by atomic mass is 32.1. The van der Waals surface area contributed by atoms with E-state index >= 15 is 0 Å². The predicted octanol–water partition coefficient (Wildman–Crippen LogP) is 3.82. The lowest BCUT2D eigenvalue weighted by Gasteiger charge is -2.05. The van der Waals surface area contributed by atoms with Gasteiger partial charge in [-0.1, -0.05) is 25.2 Å². The van der Waals surface area contributed by atoms with Gasteiger partial charge < -0.3 is 9.72 Å². The Hall–Kier alpha value is -2.22. The molecule has 0 aromatic carbocycles. The summed E-state index contributed by atoms with van der Waals surface area (Å²) in [4.78, 5) is 27.5. The number of anilines is 1. The van der Waals surface area contributed by atoms with E-state index in [0.29, 0.717) is 33.6 Å². The Bertz CT molecular complexity index is 762. The zero-order chi connectivity index (χ0) is 18.6. The van der Waals surface area contributed by atoms with Crippen LogP contribution in [-0.4, -0.2) is 33.7 Å². The summed E-state index contributed by atoms with van der Waals surface area (Å²) in [6.07, 6.45) is 1.97. The number of aromatic amines is 1. The van der Waals surface area contributed by atoms with Crippen molar-refractivity contribution >= 4 is 28.3 Å². The number of hydrogen-bond acceptors (Lipinski definition) is 6. The summed E-state index contributed by atoms with van der Waals surface area (Å²) in [6, 6.07) is 0. The molecule has 0 spiro atoms. The van der Waals surface area contributed by atoms with Gasteiger partial charge in [0.25, 0.3) is 5.91 Å². The maximum Gasteiger partial charge on any atom is 0.340 e. The van der Waals surface area contributed by atoms with Gasteiger partial charge in [0.1, 0.15) is 10.7 Å². The molecule has 0 atom stereocenters. The molecule has 0 aliphatic heterocycles. The summed E-state index contributed by atoms with van der Waals surface area (Å²) >= 11 is 1.38. The van der Waals surface area contributed by atoms with E-state index in [2.05, 4.69) is 34.3 Å². The van der Waals surface area contributed by atoms with Crippen molar-refractivity contribution < 1.29 is 14.3 Å². The van der Waals surface area contributed by atoms with Crippen LogP contribution >= 0.6 is 11.3 Å². The molecule has 0 bridgehead atoms. The van der Waals surface area contributed by atoms with E-state index in [-0.39, 0.29) is 12.5 Å². The summed E-state index contributed by atoms with van der Waals surface area (Å²) in [5.41, 5.74) is 1.91. The van der Waals surface area contributed by atoms with Crippen LogP contribution in [0.25, 0.3) is 0 Å². The zero-order valence-electron chi connectivity index (χ0n) is 15.2. The molecule has 2 rings (SSSR count). The molecule has 7 nitrogen and oxygen atoms in total. The number of nitrogens with zero attached hydrogens (tertiary/aromatic N) is 2. The van der Waals surface area contributed by atoms with Crippen molar-refractivity contribution in [2.24, 2.45) is 0 Å². The van der Waals surface area contributed by atoms with E-state index < -0.39 is 5.97 Å². The lowest BCUT2D eigenvalue weighted by molar-refractivity contribution is 0.0525. The third kappa shape index (κ3) is 4.07. The fourth-order valence-corrected chi connectivity index (χ4v) is 3.74. The van der Waals surface area contributed by atoms with Crippen LogP contribution in [0.5, 0.6) is 0 Å². The molecule has 1 amide bonds. The summed E-state index contributed by atoms with van der Waals surface area (Å²) in [6.45, 7) is 9.71. The quantitative estimate of drug-likeness (QED) is 0.728. The number of rotatable bonds is 7. The van der Waals surface area contributed by atoms with E-state index in [1.54, 1.807) is 20.8 Å². The molecule has 2 heterocycles. The van der Waals surface area contributed by atoms with Gasteiger partial charge in [0.2, 0.25) is 5.13 Å². The Morgan fingerprint density at radius 3 is 2.48 bits per heavy atom. The van der Waals surface area contributed by atoms with Crippen molar-refractivity contribution in [1.82, 2.24) is 15.2 Å². The van der Waals surface area contributed by atoms with Crippen LogP contribution in [-0.2, 0) is 4.74 Å². The second kappa shape index (κ2) is 8.24. The molecule has 2 aromatic rings. The van der Waals surface area contributed by atoms with Gasteiger partial charge in [-0.2, -0.15) is 0 Å². The first-order chi connectivity index (χ1) is 11.9. The largest absolute Gasteiger partial charge is 0.462 e. The van der Waals surface area contributed by atoms with Gasteiger partial charge in [0.15, 0.2) is 0 Å². The minimum Gasteiger partial charge on any atom is -0.462 e. The molecule has 2 aromatic heterocycles. The number of amides is 1. The van der Waals surface area contributed by atoms with Gasteiger partial charge in [0, 0.05) is 11.6 Å². The van der Waals surface area contributed by atoms with E-state index in [4.69, 9.17) is 4.74 Å². The fraction of sp³-hybridized carbons (Fsp3) is 0.529. The van der Waals surface area contributed by atoms with Gasteiger partial charge in [0.05, 0.1) is 12.2 Å². The number of carbonyl (C=O) groups excluding carboxylic acids is 2. The molecule has 0 aliphatic rings. The fourth-order valence-electron chi connectivity index (χ4n) is 2.73. The molecule has 0 radical (unpaired) electrons.